The Morgan fingerprint density at radius 3 is 2.01 bits per heavy atom. The largest absolute Gasteiger partial charge is 1.00 e. The standard InChI is InChI=1S/C48H58N4O17S5.5Na/c1-6-65-45-44(46(53)52(49-45)33-15-17-34(18-16-33)70-68-66-54)43-31(13-23-41-47(2,3)37-29-35(71-69-67-55)19-21-39(37)50(41)25-7-9-27-72(56,57)58)11-12-32(43)14-24-42-48(4,5)38-30-36(74(62,63)64)20-22-40(38)51(42)26-8-10-28-73(59,60)61;;;;;/h13-24,29-30,44,46,54-55H,6-12,25-28H2,1-5H3,(H,56,57,58)(H,59,60,61)(H,62,63,64);;;;;/q;5*+1/p-4. The molecule has 21 nitrogen and oxygen atoms in total. The van der Waals surface area contributed by atoms with E-state index in [1.165, 1.54) is 23.2 Å². The van der Waals surface area contributed by atoms with Crippen molar-refractivity contribution in [1.29, 1.82) is 0 Å². The number of anilines is 2. The van der Waals surface area contributed by atoms with Crippen LogP contribution in [0.4, 0.5) is 17.1 Å². The van der Waals surface area contributed by atoms with Crippen molar-refractivity contribution < 1.29 is 230 Å². The summed E-state index contributed by atoms with van der Waals surface area (Å²) in [5.41, 5.74) is 5.24. The van der Waals surface area contributed by atoms with E-state index in [0.29, 0.717) is 75.8 Å². The molecule has 1 aliphatic carbocycles. The smallest absolute Gasteiger partial charge is 0.834 e. The maximum Gasteiger partial charge on any atom is 1.00 e. The molecule has 0 saturated heterocycles. The summed E-state index contributed by atoms with van der Waals surface area (Å²) in [6.45, 7) is 10.3. The van der Waals surface area contributed by atoms with Crippen LogP contribution in [0.5, 0.6) is 0 Å². The Kier molecular flexibility index (Phi) is 31.1. The van der Waals surface area contributed by atoms with E-state index >= 15 is 5.11 Å². The van der Waals surface area contributed by atoms with Gasteiger partial charge in [0.25, 0.3) is 10.1 Å². The molecule has 7 rings (SSSR count). The van der Waals surface area contributed by atoms with Crippen LogP contribution in [0.2, 0.25) is 0 Å². The van der Waals surface area contributed by atoms with Gasteiger partial charge in [-0.2, -0.15) is 21.7 Å². The second-order valence-electron chi connectivity index (χ2n) is 18.7. The van der Waals surface area contributed by atoms with Crippen molar-refractivity contribution >= 4 is 83.1 Å². The van der Waals surface area contributed by atoms with Gasteiger partial charge in [-0.15, -0.1) is 5.10 Å². The average molecular weight is 1230 g/mol. The Bertz CT molecular complexity index is 3160. The number of benzene rings is 3. The molecule has 3 aromatic rings. The summed E-state index contributed by atoms with van der Waals surface area (Å²) < 4.78 is 121. The van der Waals surface area contributed by atoms with Crippen molar-refractivity contribution in [3.8, 4) is 0 Å². The molecule has 402 valence electrons. The zero-order valence-corrected chi connectivity index (χ0v) is 59.9. The van der Waals surface area contributed by atoms with Gasteiger partial charge >= 0.3 is 148 Å². The van der Waals surface area contributed by atoms with Crippen molar-refractivity contribution in [2.45, 2.75) is 105 Å². The minimum absolute atomic E-state index is 0. The first-order chi connectivity index (χ1) is 34.9. The third-order valence-electron chi connectivity index (χ3n) is 13.3. The molecule has 0 aromatic heterocycles. The van der Waals surface area contributed by atoms with E-state index in [9.17, 15) is 49.4 Å². The van der Waals surface area contributed by atoms with Gasteiger partial charge in [0, 0.05) is 63.0 Å². The van der Waals surface area contributed by atoms with E-state index in [1.54, 1.807) is 37.3 Å². The fraction of sp³-hybridized carbons (Fsp3) is 0.417. The molecule has 0 amide bonds. The molecule has 2 unspecified atom stereocenters. The maximum absolute atomic E-state index is 15.1. The van der Waals surface area contributed by atoms with Crippen molar-refractivity contribution in [3.05, 3.63) is 119 Å². The number of ether oxygens (including phenoxy) is 1. The minimum atomic E-state index is -4.85. The predicted octanol–water partition coefficient (Wildman–Crippen LogP) is -10.1. The molecule has 0 radical (unpaired) electrons. The molecular formula is C48H54N4Na5O17S5+. The summed E-state index contributed by atoms with van der Waals surface area (Å²) >= 11 is 1.42. The Hall–Kier alpha value is 0.510. The molecule has 31 heteroatoms. The van der Waals surface area contributed by atoms with Crippen LogP contribution in [0.25, 0.3) is 0 Å². The van der Waals surface area contributed by atoms with Crippen molar-refractivity contribution in [2.24, 2.45) is 11.0 Å². The van der Waals surface area contributed by atoms with Crippen LogP contribution in [-0.4, -0.2) is 92.5 Å². The fourth-order valence-corrected chi connectivity index (χ4v) is 12.3. The number of unbranched alkanes of at least 4 members (excludes halogenated alkanes) is 2. The van der Waals surface area contributed by atoms with E-state index in [1.807, 2.05) is 69.0 Å². The molecule has 3 aromatic carbocycles. The molecule has 0 saturated carbocycles. The van der Waals surface area contributed by atoms with Gasteiger partial charge in [0.05, 0.1) is 68.5 Å². The summed E-state index contributed by atoms with van der Waals surface area (Å²) in [6, 6.07) is 16.1. The van der Waals surface area contributed by atoms with E-state index in [2.05, 4.69) is 23.3 Å². The average Bonchev–Trinajstić information content (AvgIpc) is 4.00. The second kappa shape index (κ2) is 32.5. The molecule has 3 heterocycles. The first-order valence-electron chi connectivity index (χ1n) is 23.3. The fourth-order valence-electron chi connectivity index (χ4n) is 9.94. The molecule has 3 aliphatic heterocycles. The number of allylic oxidation sites excluding steroid dienone is 7. The molecule has 2 atom stereocenters. The number of rotatable bonds is 23. The second-order valence-corrected chi connectivity index (χ2v) is 24.8. The third-order valence-corrected chi connectivity index (χ3v) is 16.9. The summed E-state index contributed by atoms with van der Waals surface area (Å²) in [7, 11) is -13.6. The first kappa shape index (κ1) is 75.6. The van der Waals surface area contributed by atoms with Gasteiger partial charge in [-0.3, -0.25) is 19.6 Å². The van der Waals surface area contributed by atoms with E-state index in [-0.39, 0.29) is 186 Å². The van der Waals surface area contributed by atoms with Gasteiger partial charge in [0.2, 0.25) is 11.6 Å². The predicted molar refractivity (Wildman–Crippen MR) is 266 cm³/mol. The topological polar surface area (TPSA) is 306 Å². The van der Waals surface area contributed by atoms with E-state index in [0.717, 1.165) is 40.2 Å². The molecule has 0 bridgehead atoms. The molecule has 0 spiro atoms. The molecule has 79 heavy (non-hydrogen) atoms. The van der Waals surface area contributed by atoms with Gasteiger partial charge in [-0.1, -0.05) is 26.0 Å². The summed E-state index contributed by atoms with van der Waals surface area (Å²) in [5.74, 6) is -1.84. The quantitative estimate of drug-likeness (QED) is 0.0175. The van der Waals surface area contributed by atoms with Crippen molar-refractivity contribution in [1.82, 2.24) is 0 Å². The minimum Gasteiger partial charge on any atom is -0.834 e. The van der Waals surface area contributed by atoms with E-state index in [4.69, 9.17) is 9.84 Å². The van der Waals surface area contributed by atoms with Crippen LogP contribution in [-0.2, 0) is 64.7 Å². The summed E-state index contributed by atoms with van der Waals surface area (Å²) in [6.07, 6.45) is 7.85. The SMILES string of the molecule is CCOC1=NN(c2ccc(SOO[O-])cc2)C([O-])C1C1=C(C=CC2=[N+](CCCCS(=O)(=O)O)c3ccc(SOO[O-])cc3C2(C)C)CCC1=C/C=C1/N(CCCCS(=O)(=O)[O-])c2ccc(S(=O)(=O)[O-])cc2C1(C)C.[Na+].[Na+].[Na+].[Na+].[Na+]. The Morgan fingerprint density at radius 1 is 0.772 bits per heavy atom. The zero-order chi connectivity index (χ0) is 53.8. The molecule has 4 aliphatic rings. The molecular weight excluding hydrogens is 1180 g/mol. The van der Waals surface area contributed by atoms with Gasteiger partial charge in [0.15, 0.2) is 5.71 Å². The van der Waals surface area contributed by atoms with Crippen LogP contribution < -0.4 is 173 Å². The van der Waals surface area contributed by atoms with Crippen molar-refractivity contribution in [3.63, 3.8) is 0 Å². The van der Waals surface area contributed by atoms with Crippen LogP contribution in [0.1, 0.15) is 84.3 Å². The zero-order valence-electron chi connectivity index (χ0n) is 45.8. The Labute approximate surface area is 580 Å². The third kappa shape index (κ3) is 18.8. The van der Waals surface area contributed by atoms with Gasteiger partial charge < -0.3 is 34.4 Å². The van der Waals surface area contributed by atoms with Crippen LogP contribution in [0, 0.1) is 5.92 Å². The van der Waals surface area contributed by atoms with Crippen LogP contribution >= 0.6 is 24.1 Å². The van der Waals surface area contributed by atoms with Crippen LogP contribution in [0.15, 0.2) is 127 Å². The number of hydrogen-bond acceptors (Lipinski definition) is 21. The summed E-state index contributed by atoms with van der Waals surface area (Å²) in [4.78, 5) is 2.58. The number of fused-ring (bicyclic) bond motifs is 2. The summed E-state index contributed by atoms with van der Waals surface area (Å²) in [5, 5.41) is 49.4. The van der Waals surface area contributed by atoms with Crippen molar-refractivity contribution in [2.75, 3.05) is 41.1 Å². The molecule has 1 N–H and O–H groups in total. The van der Waals surface area contributed by atoms with E-state index < -0.39 is 69.7 Å². The van der Waals surface area contributed by atoms with Gasteiger partial charge in [-0.05, 0) is 142 Å². The van der Waals surface area contributed by atoms with Gasteiger partial charge in [0.1, 0.15) is 16.7 Å². The Morgan fingerprint density at radius 2 is 1.41 bits per heavy atom. The number of hydrazone groups is 1. The number of hydrogen-bond donors (Lipinski definition) is 1. The first-order valence-corrected chi connectivity index (χ1v) is 29.4. The number of nitrogens with zero attached hydrogens (tertiary/aromatic N) is 4. The normalized spacial score (nSPS) is 19.4. The Balaban J connectivity index is 0.00000427. The molecule has 0 fully saturated rings. The van der Waals surface area contributed by atoms with Gasteiger partial charge in [-0.25, -0.2) is 16.8 Å². The monoisotopic (exact) mass is 1230 g/mol. The maximum atomic E-state index is 15.1. The van der Waals surface area contributed by atoms with Crippen LogP contribution in [0.3, 0.4) is 0 Å².